The molecule has 0 N–H and O–H groups in total. The average molecular weight is 225 g/mol. The smallest absolute Gasteiger partial charge is 0.232 e. The molecule has 0 saturated carbocycles. The Morgan fingerprint density at radius 2 is 2.24 bits per heavy atom. The first kappa shape index (κ1) is 9.84. The SMILES string of the molecule is [c]1nc2ccccc2cc1OCc1ncco1. The van der Waals surface area contributed by atoms with Crippen molar-refractivity contribution in [2.24, 2.45) is 0 Å². The highest BCUT2D eigenvalue weighted by atomic mass is 16.5. The molecule has 83 valence electrons. The summed E-state index contributed by atoms with van der Waals surface area (Å²) in [7, 11) is 0. The zero-order valence-corrected chi connectivity index (χ0v) is 8.96. The Balaban J connectivity index is 1.81. The maximum atomic E-state index is 5.48. The Bertz CT molecular complexity index is 620. The Labute approximate surface area is 97.9 Å². The van der Waals surface area contributed by atoms with Crippen LogP contribution >= 0.6 is 0 Å². The number of oxazole rings is 1. The first-order valence-electron chi connectivity index (χ1n) is 5.20. The summed E-state index contributed by atoms with van der Waals surface area (Å²) in [5, 5.41) is 1.02. The van der Waals surface area contributed by atoms with Gasteiger partial charge in [-0.1, -0.05) is 18.2 Å². The highest BCUT2D eigenvalue weighted by molar-refractivity contribution is 5.79. The maximum Gasteiger partial charge on any atom is 0.232 e. The van der Waals surface area contributed by atoms with E-state index in [1.54, 1.807) is 6.20 Å². The lowest BCUT2D eigenvalue weighted by molar-refractivity contribution is 0.262. The summed E-state index contributed by atoms with van der Waals surface area (Å²) in [4.78, 5) is 8.15. The van der Waals surface area contributed by atoms with Gasteiger partial charge in [0, 0.05) is 5.39 Å². The van der Waals surface area contributed by atoms with Crippen molar-refractivity contribution in [2.45, 2.75) is 6.61 Å². The van der Waals surface area contributed by atoms with Crippen molar-refractivity contribution >= 4 is 10.9 Å². The molecule has 3 aromatic rings. The molecular weight excluding hydrogens is 216 g/mol. The molecule has 1 radical (unpaired) electrons. The van der Waals surface area contributed by atoms with Crippen LogP contribution in [0.5, 0.6) is 5.75 Å². The van der Waals surface area contributed by atoms with Crippen LogP contribution < -0.4 is 4.74 Å². The summed E-state index contributed by atoms with van der Waals surface area (Å²) < 4.78 is 10.6. The number of rotatable bonds is 3. The van der Waals surface area contributed by atoms with Crippen LogP contribution in [-0.2, 0) is 6.61 Å². The highest BCUT2D eigenvalue weighted by Crippen LogP contribution is 2.17. The summed E-state index contributed by atoms with van der Waals surface area (Å²) in [6.07, 6.45) is 5.93. The van der Waals surface area contributed by atoms with Gasteiger partial charge in [-0.15, -0.1) is 0 Å². The predicted molar refractivity (Wildman–Crippen MR) is 61.4 cm³/mol. The van der Waals surface area contributed by atoms with Crippen LogP contribution in [-0.4, -0.2) is 9.97 Å². The summed E-state index contributed by atoms with van der Waals surface area (Å²) in [5.74, 6) is 1.12. The normalized spacial score (nSPS) is 10.6. The molecule has 4 nitrogen and oxygen atoms in total. The lowest BCUT2D eigenvalue weighted by Crippen LogP contribution is -1.96. The van der Waals surface area contributed by atoms with E-state index in [4.69, 9.17) is 9.15 Å². The lowest BCUT2D eigenvalue weighted by Gasteiger charge is -2.03. The molecule has 2 heterocycles. The fourth-order valence-electron chi connectivity index (χ4n) is 1.54. The molecular formula is C13H9N2O2. The third kappa shape index (κ3) is 2.10. The molecule has 1 aromatic carbocycles. The molecule has 0 aliphatic heterocycles. The summed E-state index contributed by atoms with van der Waals surface area (Å²) in [5.41, 5.74) is 0.899. The molecule has 3 rings (SSSR count). The monoisotopic (exact) mass is 225 g/mol. The number of nitrogens with zero attached hydrogens (tertiary/aromatic N) is 2. The van der Waals surface area contributed by atoms with Gasteiger partial charge in [0.15, 0.2) is 6.61 Å². The number of aromatic nitrogens is 2. The summed E-state index contributed by atoms with van der Waals surface area (Å²) in [6.45, 7) is 0.281. The Morgan fingerprint density at radius 3 is 3.12 bits per heavy atom. The minimum Gasteiger partial charge on any atom is -0.481 e. The van der Waals surface area contributed by atoms with E-state index in [0.29, 0.717) is 11.6 Å². The van der Waals surface area contributed by atoms with Gasteiger partial charge in [0.05, 0.1) is 11.7 Å². The van der Waals surface area contributed by atoms with E-state index in [9.17, 15) is 0 Å². The van der Waals surface area contributed by atoms with Crippen LogP contribution in [0, 0.1) is 6.20 Å². The summed E-state index contributed by atoms with van der Waals surface area (Å²) in [6, 6.07) is 9.71. The van der Waals surface area contributed by atoms with Crippen LogP contribution in [0.25, 0.3) is 10.9 Å². The lowest BCUT2D eigenvalue weighted by atomic mass is 10.2. The van der Waals surface area contributed by atoms with Crippen molar-refractivity contribution in [3.05, 3.63) is 54.9 Å². The topological polar surface area (TPSA) is 48.2 Å². The van der Waals surface area contributed by atoms with E-state index in [1.807, 2.05) is 30.3 Å². The zero-order valence-electron chi connectivity index (χ0n) is 8.96. The molecule has 2 aromatic heterocycles. The standard InChI is InChI=1S/C13H9N2O2/c1-2-4-12-10(3-1)7-11(8-15-12)17-9-13-14-5-6-16-13/h1-7H,9H2. The van der Waals surface area contributed by atoms with Crippen molar-refractivity contribution in [2.75, 3.05) is 0 Å². The summed E-state index contributed by atoms with van der Waals surface area (Å²) >= 11 is 0. The Kier molecular flexibility index (Phi) is 2.46. The number of hydrogen-bond donors (Lipinski definition) is 0. The van der Waals surface area contributed by atoms with Crippen LogP contribution in [0.2, 0.25) is 0 Å². The van der Waals surface area contributed by atoms with Gasteiger partial charge in [-0.2, -0.15) is 0 Å². The number of hydrogen-bond acceptors (Lipinski definition) is 4. The third-order valence-electron chi connectivity index (χ3n) is 2.34. The fourth-order valence-corrected chi connectivity index (χ4v) is 1.54. The average Bonchev–Trinajstić information content (AvgIpc) is 2.89. The minimum atomic E-state index is 0.281. The Hall–Kier alpha value is -2.36. The molecule has 0 amide bonds. The molecule has 0 aliphatic rings. The van der Waals surface area contributed by atoms with Crippen molar-refractivity contribution in [3.8, 4) is 5.75 Å². The van der Waals surface area contributed by atoms with Crippen molar-refractivity contribution in [1.29, 1.82) is 0 Å². The Morgan fingerprint density at radius 1 is 1.29 bits per heavy atom. The van der Waals surface area contributed by atoms with Crippen LogP contribution in [0.4, 0.5) is 0 Å². The molecule has 0 aliphatic carbocycles. The van der Waals surface area contributed by atoms with Gasteiger partial charge in [0.25, 0.3) is 0 Å². The molecule has 0 fully saturated rings. The number of fused-ring (bicyclic) bond motifs is 1. The van der Waals surface area contributed by atoms with Crippen LogP contribution in [0.15, 0.2) is 47.2 Å². The predicted octanol–water partition coefficient (Wildman–Crippen LogP) is 2.60. The second kappa shape index (κ2) is 4.25. The molecule has 0 unspecified atom stereocenters. The quantitative estimate of drug-likeness (QED) is 0.687. The van der Waals surface area contributed by atoms with E-state index in [1.165, 1.54) is 6.26 Å². The maximum absolute atomic E-state index is 5.48. The number of pyridine rings is 1. The molecule has 0 spiro atoms. The second-order valence-electron chi connectivity index (χ2n) is 3.51. The van der Waals surface area contributed by atoms with Crippen molar-refractivity contribution < 1.29 is 9.15 Å². The number of ether oxygens (including phenoxy) is 1. The van der Waals surface area contributed by atoms with Gasteiger partial charge in [-0.3, -0.25) is 0 Å². The van der Waals surface area contributed by atoms with Crippen LogP contribution in [0.1, 0.15) is 5.89 Å². The first-order chi connectivity index (χ1) is 8.42. The van der Waals surface area contributed by atoms with E-state index < -0.39 is 0 Å². The third-order valence-corrected chi connectivity index (χ3v) is 2.34. The van der Waals surface area contributed by atoms with E-state index in [0.717, 1.165) is 10.9 Å². The molecule has 17 heavy (non-hydrogen) atoms. The largest absolute Gasteiger partial charge is 0.481 e. The van der Waals surface area contributed by atoms with E-state index in [2.05, 4.69) is 16.2 Å². The van der Waals surface area contributed by atoms with Crippen LogP contribution in [0.3, 0.4) is 0 Å². The van der Waals surface area contributed by atoms with Gasteiger partial charge >= 0.3 is 0 Å². The minimum absolute atomic E-state index is 0.281. The fraction of sp³-hybridized carbons (Fsp3) is 0.0769. The van der Waals surface area contributed by atoms with Gasteiger partial charge < -0.3 is 9.15 Å². The molecule has 0 saturated heterocycles. The van der Waals surface area contributed by atoms with Gasteiger partial charge in [-0.05, 0) is 12.1 Å². The molecule has 0 bridgehead atoms. The van der Waals surface area contributed by atoms with Crippen molar-refractivity contribution in [3.63, 3.8) is 0 Å². The van der Waals surface area contributed by atoms with Crippen molar-refractivity contribution in [1.82, 2.24) is 9.97 Å². The van der Waals surface area contributed by atoms with Gasteiger partial charge in [0.2, 0.25) is 5.89 Å². The first-order valence-corrected chi connectivity index (χ1v) is 5.20. The number of para-hydroxylation sites is 1. The van der Waals surface area contributed by atoms with Gasteiger partial charge in [0.1, 0.15) is 18.2 Å². The van der Waals surface area contributed by atoms with E-state index in [-0.39, 0.29) is 6.61 Å². The van der Waals surface area contributed by atoms with Gasteiger partial charge in [-0.25, -0.2) is 9.97 Å². The van der Waals surface area contributed by atoms with E-state index >= 15 is 0 Å². The molecule has 4 heteroatoms. The number of benzene rings is 1. The molecule has 0 atom stereocenters. The second-order valence-corrected chi connectivity index (χ2v) is 3.51. The zero-order chi connectivity index (χ0) is 11.5. The highest BCUT2D eigenvalue weighted by Gasteiger charge is 2.01.